The summed E-state index contributed by atoms with van der Waals surface area (Å²) in [6, 6.07) is 21.4. The summed E-state index contributed by atoms with van der Waals surface area (Å²) >= 11 is 0. The van der Waals surface area contributed by atoms with E-state index in [9.17, 15) is 0 Å². The lowest BCUT2D eigenvalue weighted by molar-refractivity contribution is 0.543. The van der Waals surface area contributed by atoms with E-state index in [1.54, 1.807) is 0 Å². The number of hydrogen-bond donors (Lipinski definition) is 1. The smallest absolute Gasteiger partial charge is 0.0687 e. The lowest BCUT2D eigenvalue weighted by atomic mass is 9.91. The molecule has 1 nitrogen and oxygen atoms in total. The zero-order valence-electron chi connectivity index (χ0n) is 12.6. The maximum atomic E-state index is 5.61. The van der Waals surface area contributed by atoms with Crippen molar-refractivity contribution >= 4 is 0 Å². The van der Waals surface area contributed by atoms with Gasteiger partial charge in [0.15, 0.2) is 0 Å². The molecule has 0 aliphatic heterocycles. The van der Waals surface area contributed by atoms with Crippen LogP contribution in [0.2, 0.25) is 0 Å². The summed E-state index contributed by atoms with van der Waals surface area (Å²) in [5.41, 5.74) is 2.65. The van der Waals surface area contributed by atoms with Crippen LogP contribution in [0, 0.1) is 12.3 Å². The Labute approximate surface area is 128 Å². The van der Waals surface area contributed by atoms with E-state index in [4.69, 9.17) is 6.42 Å². The van der Waals surface area contributed by atoms with E-state index >= 15 is 0 Å². The van der Waals surface area contributed by atoms with Crippen molar-refractivity contribution in [2.75, 3.05) is 6.54 Å². The quantitative estimate of drug-likeness (QED) is 0.748. The highest BCUT2D eigenvalue weighted by atomic mass is 14.9. The van der Waals surface area contributed by atoms with Crippen molar-refractivity contribution in [1.29, 1.82) is 0 Å². The minimum atomic E-state index is 0.157. The van der Waals surface area contributed by atoms with Crippen LogP contribution in [0.25, 0.3) is 0 Å². The molecule has 0 aromatic heterocycles. The van der Waals surface area contributed by atoms with Gasteiger partial charge >= 0.3 is 0 Å². The van der Waals surface area contributed by atoms with Crippen LogP contribution in [0.3, 0.4) is 0 Å². The Kier molecular flexibility index (Phi) is 6.06. The van der Waals surface area contributed by atoms with E-state index in [0.717, 1.165) is 19.4 Å². The normalized spacial score (nSPS) is 12.0. The highest BCUT2D eigenvalue weighted by Crippen LogP contribution is 2.23. The van der Waals surface area contributed by atoms with Gasteiger partial charge in [-0.2, -0.15) is 0 Å². The maximum Gasteiger partial charge on any atom is 0.0687 e. The maximum absolute atomic E-state index is 5.61. The van der Waals surface area contributed by atoms with Crippen molar-refractivity contribution in [2.45, 2.75) is 31.7 Å². The molecule has 0 bridgehead atoms. The average Bonchev–Trinajstić information content (AvgIpc) is 2.56. The minimum Gasteiger partial charge on any atom is -0.303 e. The SMILES string of the molecule is C#CC(CCC)NCC(c1ccccc1)c1ccccc1. The second-order valence-electron chi connectivity index (χ2n) is 5.29. The molecule has 108 valence electrons. The molecular weight excluding hydrogens is 254 g/mol. The van der Waals surface area contributed by atoms with Crippen LogP contribution in [-0.2, 0) is 0 Å². The zero-order valence-corrected chi connectivity index (χ0v) is 12.6. The van der Waals surface area contributed by atoms with Gasteiger partial charge in [0.05, 0.1) is 6.04 Å². The van der Waals surface area contributed by atoms with Gasteiger partial charge in [-0.3, -0.25) is 0 Å². The fourth-order valence-corrected chi connectivity index (χ4v) is 2.59. The van der Waals surface area contributed by atoms with Crippen LogP contribution in [-0.4, -0.2) is 12.6 Å². The topological polar surface area (TPSA) is 12.0 Å². The van der Waals surface area contributed by atoms with Gasteiger partial charge in [0.2, 0.25) is 0 Å². The molecule has 0 radical (unpaired) electrons. The first-order chi connectivity index (χ1) is 10.3. The summed E-state index contributed by atoms with van der Waals surface area (Å²) < 4.78 is 0. The summed E-state index contributed by atoms with van der Waals surface area (Å²) in [4.78, 5) is 0. The molecule has 0 saturated heterocycles. The molecule has 2 aromatic rings. The summed E-state index contributed by atoms with van der Waals surface area (Å²) in [5.74, 6) is 3.18. The van der Waals surface area contributed by atoms with Gasteiger partial charge < -0.3 is 5.32 Å². The van der Waals surface area contributed by atoms with Gasteiger partial charge in [0, 0.05) is 12.5 Å². The van der Waals surface area contributed by atoms with Gasteiger partial charge in [0.25, 0.3) is 0 Å². The van der Waals surface area contributed by atoms with Crippen LogP contribution in [0.5, 0.6) is 0 Å². The third kappa shape index (κ3) is 4.48. The zero-order chi connectivity index (χ0) is 14.9. The van der Waals surface area contributed by atoms with Crippen LogP contribution in [0.15, 0.2) is 60.7 Å². The summed E-state index contributed by atoms with van der Waals surface area (Å²) in [7, 11) is 0. The molecule has 1 heteroatoms. The molecular formula is C20H23N. The predicted molar refractivity (Wildman–Crippen MR) is 90.3 cm³/mol. The highest BCUT2D eigenvalue weighted by molar-refractivity contribution is 5.32. The van der Waals surface area contributed by atoms with Crippen LogP contribution >= 0.6 is 0 Å². The Bertz CT molecular complexity index is 514. The van der Waals surface area contributed by atoms with Crippen molar-refractivity contribution in [2.24, 2.45) is 0 Å². The Morgan fingerprint density at radius 1 is 0.952 bits per heavy atom. The first kappa shape index (κ1) is 15.4. The Hall–Kier alpha value is -2.04. The van der Waals surface area contributed by atoms with Crippen molar-refractivity contribution in [3.63, 3.8) is 0 Å². The molecule has 1 atom stereocenters. The van der Waals surface area contributed by atoms with Gasteiger partial charge in [-0.15, -0.1) is 6.42 Å². The molecule has 0 fully saturated rings. The Morgan fingerprint density at radius 2 is 1.48 bits per heavy atom. The number of terminal acetylenes is 1. The second kappa shape index (κ2) is 8.29. The molecule has 0 aliphatic rings. The van der Waals surface area contributed by atoms with Crippen molar-refractivity contribution in [1.82, 2.24) is 5.32 Å². The monoisotopic (exact) mass is 277 g/mol. The fourth-order valence-electron chi connectivity index (χ4n) is 2.59. The number of rotatable bonds is 7. The average molecular weight is 277 g/mol. The molecule has 0 spiro atoms. The molecule has 0 aliphatic carbocycles. The van der Waals surface area contributed by atoms with E-state index in [0.29, 0.717) is 5.92 Å². The number of nitrogens with one attached hydrogen (secondary N) is 1. The van der Waals surface area contributed by atoms with Gasteiger partial charge in [-0.25, -0.2) is 0 Å². The van der Waals surface area contributed by atoms with Crippen molar-refractivity contribution in [3.05, 3.63) is 71.8 Å². The van der Waals surface area contributed by atoms with Crippen molar-refractivity contribution in [3.8, 4) is 12.3 Å². The largest absolute Gasteiger partial charge is 0.303 e. The molecule has 2 aromatic carbocycles. The molecule has 0 saturated carbocycles. The summed E-state index contributed by atoms with van der Waals surface area (Å²) in [6.45, 7) is 3.03. The van der Waals surface area contributed by atoms with Gasteiger partial charge in [0.1, 0.15) is 0 Å². The van der Waals surface area contributed by atoms with Crippen LogP contribution in [0.4, 0.5) is 0 Å². The summed E-state index contributed by atoms with van der Waals surface area (Å²) in [5, 5.41) is 3.53. The number of benzene rings is 2. The first-order valence-electron chi connectivity index (χ1n) is 7.64. The highest BCUT2D eigenvalue weighted by Gasteiger charge is 2.15. The predicted octanol–water partition coefficient (Wildman–Crippen LogP) is 4.21. The summed E-state index contributed by atoms with van der Waals surface area (Å²) in [6.07, 6.45) is 7.73. The third-order valence-corrected chi connectivity index (χ3v) is 3.75. The van der Waals surface area contributed by atoms with E-state index in [-0.39, 0.29) is 6.04 Å². The Morgan fingerprint density at radius 3 is 1.90 bits per heavy atom. The minimum absolute atomic E-state index is 0.157. The first-order valence-corrected chi connectivity index (χ1v) is 7.64. The molecule has 2 rings (SSSR count). The lowest BCUT2D eigenvalue weighted by Gasteiger charge is -2.21. The molecule has 0 heterocycles. The molecule has 0 amide bonds. The van der Waals surface area contributed by atoms with Gasteiger partial charge in [-0.05, 0) is 17.5 Å². The van der Waals surface area contributed by atoms with Crippen LogP contribution in [0.1, 0.15) is 36.8 Å². The molecule has 1 N–H and O–H groups in total. The van der Waals surface area contributed by atoms with Crippen LogP contribution < -0.4 is 5.32 Å². The second-order valence-corrected chi connectivity index (χ2v) is 5.29. The Balaban J connectivity index is 2.16. The lowest BCUT2D eigenvalue weighted by Crippen LogP contribution is -2.31. The third-order valence-electron chi connectivity index (χ3n) is 3.75. The molecule has 21 heavy (non-hydrogen) atoms. The van der Waals surface area contributed by atoms with Gasteiger partial charge in [-0.1, -0.05) is 79.9 Å². The fraction of sp³-hybridized carbons (Fsp3) is 0.300. The molecule has 1 unspecified atom stereocenters. The van der Waals surface area contributed by atoms with E-state index < -0.39 is 0 Å². The van der Waals surface area contributed by atoms with E-state index in [1.807, 2.05) is 0 Å². The standard InChI is InChI=1S/C20H23N/c1-3-11-19(4-2)21-16-20(17-12-7-5-8-13-17)18-14-9-6-10-15-18/h2,5-10,12-15,19-21H,3,11,16H2,1H3. The van der Waals surface area contributed by atoms with E-state index in [1.165, 1.54) is 11.1 Å². The number of hydrogen-bond acceptors (Lipinski definition) is 1. The van der Waals surface area contributed by atoms with E-state index in [2.05, 4.69) is 78.8 Å². The van der Waals surface area contributed by atoms with Crippen molar-refractivity contribution < 1.29 is 0 Å².